The van der Waals surface area contributed by atoms with Gasteiger partial charge in [-0.1, -0.05) is 0 Å². The average molecular weight is 276 g/mol. The van der Waals surface area contributed by atoms with Crippen molar-refractivity contribution in [2.24, 2.45) is 5.73 Å². The molecule has 0 radical (unpaired) electrons. The van der Waals surface area contributed by atoms with Crippen LogP contribution in [-0.2, 0) is 0 Å². The maximum absolute atomic E-state index is 13.2. The molecule has 1 unspecified atom stereocenters. The highest BCUT2D eigenvalue weighted by atomic mass is 79.9. The molecular weight excluding hydrogens is 265 g/mol. The minimum atomic E-state index is -0.820. The lowest BCUT2D eigenvalue weighted by molar-refractivity contribution is 0.0963. The molecule has 3 nitrogen and oxygen atoms in total. The third-order valence-electron chi connectivity index (χ3n) is 2.03. The zero-order chi connectivity index (χ0) is 11.7. The molecule has 0 heterocycles. The smallest absolute Gasteiger partial charge is 0.184 e. The van der Waals surface area contributed by atoms with Gasteiger partial charge in [0, 0.05) is 4.47 Å². The van der Waals surface area contributed by atoms with E-state index in [1.807, 2.05) is 0 Å². The van der Waals surface area contributed by atoms with Crippen LogP contribution < -0.4 is 5.73 Å². The molecule has 0 fully saturated rings. The van der Waals surface area contributed by atoms with Crippen molar-refractivity contribution < 1.29 is 14.3 Å². The van der Waals surface area contributed by atoms with E-state index < -0.39 is 23.4 Å². The van der Waals surface area contributed by atoms with Crippen molar-refractivity contribution in [1.82, 2.24) is 0 Å². The molecule has 0 aliphatic rings. The Kier molecular flexibility index (Phi) is 3.46. The van der Waals surface area contributed by atoms with Crippen molar-refractivity contribution in [2.75, 3.05) is 0 Å². The third-order valence-corrected chi connectivity index (χ3v) is 3.05. The highest BCUT2D eigenvalue weighted by Gasteiger charge is 2.22. The fourth-order valence-electron chi connectivity index (χ4n) is 1.19. The first-order chi connectivity index (χ1) is 6.86. The summed E-state index contributed by atoms with van der Waals surface area (Å²) in [6.45, 7) is 3.11. The lowest BCUT2D eigenvalue weighted by Crippen LogP contribution is -2.27. The Morgan fingerprint density at radius 2 is 2.20 bits per heavy atom. The van der Waals surface area contributed by atoms with Crippen LogP contribution in [0.25, 0.3) is 0 Å². The molecule has 0 aliphatic heterocycles. The van der Waals surface area contributed by atoms with Crippen molar-refractivity contribution in [3.63, 3.8) is 0 Å². The molecule has 0 aliphatic carbocycles. The zero-order valence-electron chi connectivity index (χ0n) is 8.34. The first-order valence-corrected chi connectivity index (χ1v) is 5.13. The third kappa shape index (κ3) is 2.18. The molecule has 1 aromatic carbocycles. The second-order valence-corrected chi connectivity index (χ2v) is 4.16. The average Bonchev–Trinajstić information content (AvgIpc) is 2.15. The van der Waals surface area contributed by atoms with Gasteiger partial charge in [-0.2, -0.15) is 0 Å². The number of carbonyl (C=O) groups excluding carboxylic acids is 1. The fraction of sp³-hybridized carbons (Fsp3) is 0.300. The number of ketones is 1. The number of aromatic hydroxyl groups is 1. The van der Waals surface area contributed by atoms with Crippen molar-refractivity contribution in [3.8, 4) is 5.75 Å². The van der Waals surface area contributed by atoms with Gasteiger partial charge in [0.05, 0.1) is 11.6 Å². The van der Waals surface area contributed by atoms with E-state index in [9.17, 15) is 14.3 Å². The number of carbonyl (C=O) groups is 1. The second kappa shape index (κ2) is 4.28. The van der Waals surface area contributed by atoms with Gasteiger partial charge in [-0.15, -0.1) is 0 Å². The highest BCUT2D eigenvalue weighted by Crippen LogP contribution is 2.32. The van der Waals surface area contributed by atoms with Crippen LogP contribution in [0.5, 0.6) is 5.75 Å². The maximum Gasteiger partial charge on any atom is 0.184 e. The van der Waals surface area contributed by atoms with Crippen LogP contribution in [0.4, 0.5) is 4.39 Å². The van der Waals surface area contributed by atoms with Gasteiger partial charge in [0.25, 0.3) is 0 Å². The number of phenolic OH excluding ortho intramolecular Hbond substituents is 1. The number of halogens is 2. The largest absolute Gasteiger partial charge is 0.504 e. The van der Waals surface area contributed by atoms with Crippen molar-refractivity contribution in [1.29, 1.82) is 0 Å². The van der Waals surface area contributed by atoms with Crippen molar-refractivity contribution in [3.05, 3.63) is 27.5 Å². The monoisotopic (exact) mass is 275 g/mol. The van der Waals surface area contributed by atoms with E-state index in [1.165, 1.54) is 6.92 Å². The first kappa shape index (κ1) is 12.1. The van der Waals surface area contributed by atoms with Gasteiger partial charge >= 0.3 is 0 Å². The number of rotatable bonds is 2. The summed E-state index contributed by atoms with van der Waals surface area (Å²) in [6, 6.07) is 0.366. The summed E-state index contributed by atoms with van der Waals surface area (Å²) in [4.78, 5) is 11.6. The molecule has 1 rings (SSSR count). The number of phenols is 1. The molecule has 1 atom stereocenters. The Morgan fingerprint density at radius 3 is 2.67 bits per heavy atom. The molecule has 5 heteroatoms. The Balaban J connectivity index is 3.46. The fourth-order valence-corrected chi connectivity index (χ4v) is 1.69. The van der Waals surface area contributed by atoms with E-state index in [0.29, 0.717) is 10.0 Å². The molecule has 0 spiro atoms. The number of aryl methyl sites for hydroxylation is 1. The summed E-state index contributed by atoms with van der Waals surface area (Å²) in [7, 11) is 0. The van der Waals surface area contributed by atoms with Crippen molar-refractivity contribution in [2.45, 2.75) is 19.9 Å². The topological polar surface area (TPSA) is 63.3 Å². The standard InChI is InChI=1S/C10H11BrFNO2/c1-4-3-6(12)10(15)7(8(4)11)9(14)5(2)13/h3,5,15H,13H2,1-2H3. The quantitative estimate of drug-likeness (QED) is 0.813. The Hall–Kier alpha value is -0.940. The normalized spacial score (nSPS) is 12.6. The second-order valence-electron chi connectivity index (χ2n) is 3.37. The van der Waals surface area contributed by atoms with Gasteiger partial charge < -0.3 is 10.8 Å². The summed E-state index contributed by atoms with van der Waals surface area (Å²) in [5.41, 5.74) is 5.84. The van der Waals surface area contributed by atoms with Gasteiger partial charge in [-0.3, -0.25) is 4.79 Å². The van der Waals surface area contributed by atoms with E-state index in [2.05, 4.69) is 15.9 Å². The van der Waals surface area contributed by atoms with Crippen LogP contribution in [0, 0.1) is 12.7 Å². The Morgan fingerprint density at radius 1 is 1.67 bits per heavy atom. The van der Waals surface area contributed by atoms with Gasteiger partial charge in [0.1, 0.15) is 0 Å². The van der Waals surface area contributed by atoms with Crippen molar-refractivity contribution >= 4 is 21.7 Å². The number of hydrogen-bond donors (Lipinski definition) is 2. The highest BCUT2D eigenvalue weighted by molar-refractivity contribution is 9.10. The number of hydrogen-bond acceptors (Lipinski definition) is 3. The van der Waals surface area contributed by atoms with Crippen LogP contribution in [0.3, 0.4) is 0 Å². The van der Waals surface area contributed by atoms with Gasteiger partial charge in [-0.05, 0) is 41.4 Å². The van der Waals surface area contributed by atoms with Crippen LogP contribution in [0.1, 0.15) is 22.8 Å². The van der Waals surface area contributed by atoms with E-state index in [0.717, 1.165) is 6.07 Å². The minimum absolute atomic E-state index is 0.0949. The minimum Gasteiger partial charge on any atom is -0.504 e. The van der Waals surface area contributed by atoms with Crippen LogP contribution in [-0.4, -0.2) is 16.9 Å². The number of benzene rings is 1. The predicted molar refractivity (Wildman–Crippen MR) is 58.5 cm³/mol. The van der Waals surface area contributed by atoms with E-state index in [-0.39, 0.29) is 5.56 Å². The van der Waals surface area contributed by atoms with E-state index in [4.69, 9.17) is 5.73 Å². The number of nitrogens with two attached hydrogens (primary N) is 1. The molecule has 0 aromatic heterocycles. The summed E-state index contributed by atoms with van der Waals surface area (Å²) in [5, 5.41) is 9.44. The molecule has 0 bridgehead atoms. The van der Waals surface area contributed by atoms with Crippen LogP contribution in [0.15, 0.2) is 10.5 Å². The molecule has 82 valence electrons. The summed E-state index contributed by atoms with van der Waals surface area (Å²) >= 11 is 3.13. The van der Waals surface area contributed by atoms with Gasteiger partial charge in [0.15, 0.2) is 17.3 Å². The summed E-state index contributed by atoms with van der Waals surface area (Å²) < 4.78 is 13.6. The summed E-state index contributed by atoms with van der Waals surface area (Å²) in [5.74, 6) is -1.98. The predicted octanol–water partition coefficient (Wildman–Crippen LogP) is 2.13. The van der Waals surface area contributed by atoms with E-state index >= 15 is 0 Å². The molecule has 1 aromatic rings. The SMILES string of the molecule is Cc1cc(F)c(O)c(C(=O)C(C)N)c1Br. The molecular formula is C10H11BrFNO2. The van der Waals surface area contributed by atoms with Crippen LogP contribution in [0.2, 0.25) is 0 Å². The molecule has 0 saturated carbocycles. The Labute approximate surface area is 95.2 Å². The first-order valence-electron chi connectivity index (χ1n) is 4.33. The molecule has 0 saturated heterocycles. The molecule has 15 heavy (non-hydrogen) atoms. The van der Waals surface area contributed by atoms with Gasteiger partial charge in [-0.25, -0.2) is 4.39 Å². The van der Waals surface area contributed by atoms with Gasteiger partial charge in [0.2, 0.25) is 0 Å². The molecule has 0 amide bonds. The summed E-state index contributed by atoms with van der Waals surface area (Å²) in [6.07, 6.45) is 0. The van der Waals surface area contributed by atoms with Crippen LogP contribution >= 0.6 is 15.9 Å². The lowest BCUT2D eigenvalue weighted by atomic mass is 10.0. The lowest BCUT2D eigenvalue weighted by Gasteiger charge is -2.11. The van der Waals surface area contributed by atoms with E-state index in [1.54, 1.807) is 6.92 Å². The number of Topliss-reactive ketones (excluding diaryl/α,β-unsaturated/α-hetero) is 1. The molecule has 3 N–H and O–H groups in total. The maximum atomic E-state index is 13.2. The Bertz CT molecular complexity index is 392. The zero-order valence-corrected chi connectivity index (χ0v) is 9.93.